The number of amides is 3. The van der Waals surface area contributed by atoms with E-state index in [0.717, 1.165) is 5.56 Å². The Morgan fingerprint density at radius 2 is 1.72 bits per heavy atom. The van der Waals surface area contributed by atoms with Crippen LogP contribution in [-0.2, 0) is 20.4 Å². The van der Waals surface area contributed by atoms with Crippen LogP contribution in [0, 0.1) is 0 Å². The highest BCUT2D eigenvalue weighted by atomic mass is 32.2. The predicted molar refractivity (Wildman–Crippen MR) is 109 cm³/mol. The molecule has 2 fully saturated rings. The molecule has 1 aromatic heterocycles. The van der Waals surface area contributed by atoms with Crippen molar-refractivity contribution in [3.8, 4) is 0 Å². The first-order valence-electron chi connectivity index (χ1n) is 9.28. The SMILES string of the molecule is C[C@]1(c2ccccc2)NC(=O)N(CN2CCN(S(=O)(=O)c3cccs3)CC2)C1=O. The molecule has 0 bridgehead atoms. The Balaban J connectivity index is 1.41. The normalized spacial score (nSPS) is 24.1. The average molecular weight is 435 g/mol. The van der Waals surface area contributed by atoms with Crippen LogP contribution in [0.1, 0.15) is 12.5 Å². The molecule has 0 radical (unpaired) electrons. The maximum Gasteiger partial charge on any atom is 0.326 e. The van der Waals surface area contributed by atoms with E-state index in [1.54, 1.807) is 24.4 Å². The van der Waals surface area contributed by atoms with E-state index >= 15 is 0 Å². The summed E-state index contributed by atoms with van der Waals surface area (Å²) in [7, 11) is -3.48. The highest BCUT2D eigenvalue weighted by molar-refractivity contribution is 7.91. The highest BCUT2D eigenvalue weighted by Crippen LogP contribution is 2.29. The highest BCUT2D eigenvalue weighted by Gasteiger charge is 2.49. The van der Waals surface area contributed by atoms with E-state index in [1.807, 2.05) is 35.2 Å². The summed E-state index contributed by atoms with van der Waals surface area (Å²) in [5.41, 5.74) is -0.365. The van der Waals surface area contributed by atoms with Crippen molar-refractivity contribution in [3.05, 3.63) is 53.4 Å². The molecule has 2 aliphatic rings. The minimum atomic E-state index is -3.48. The van der Waals surface area contributed by atoms with E-state index in [-0.39, 0.29) is 12.6 Å². The number of carbonyl (C=O) groups is 2. The molecule has 3 heterocycles. The van der Waals surface area contributed by atoms with Gasteiger partial charge in [-0.15, -0.1) is 11.3 Å². The lowest BCUT2D eigenvalue weighted by Gasteiger charge is -2.35. The smallest absolute Gasteiger partial charge is 0.319 e. The van der Waals surface area contributed by atoms with Crippen molar-refractivity contribution in [1.29, 1.82) is 0 Å². The third kappa shape index (κ3) is 3.57. The zero-order valence-electron chi connectivity index (χ0n) is 15.9. The second-order valence-corrected chi connectivity index (χ2v) is 10.4. The van der Waals surface area contributed by atoms with Gasteiger partial charge in [-0.1, -0.05) is 36.4 Å². The number of carbonyl (C=O) groups excluding carboxylic acids is 2. The summed E-state index contributed by atoms with van der Waals surface area (Å²) in [6.07, 6.45) is 0. The maximum atomic E-state index is 13.0. The van der Waals surface area contributed by atoms with Crippen LogP contribution in [0.4, 0.5) is 4.79 Å². The van der Waals surface area contributed by atoms with Crippen LogP contribution in [-0.4, -0.2) is 67.3 Å². The van der Waals surface area contributed by atoms with E-state index in [4.69, 9.17) is 0 Å². The summed E-state index contributed by atoms with van der Waals surface area (Å²) in [5.74, 6) is -0.303. The first kappa shape index (κ1) is 20.0. The molecule has 0 aliphatic carbocycles. The van der Waals surface area contributed by atoms with Gasteiger partial charge in [0.05, 0.1) is 6.67 Å². The summed E-state index contributed by atoms with van der Waals surface area (Å²) in [6, 6.07) is 12.0. The number of hydrogen-bond donors (Lipinski definition) is 1. The lowest BCUT2D eigenvalue weighted by atomic mass is 9.92. The van der Waals surface area contributed by atoms with Gasteiger partial charge in [0.25, 0.3) is 15.9 Å². The first-order valence-corrected chi connectivity index (χ1v) is 11.6. The zero-order valence-corrected chi connectivity index (χ0v) is 17.6. The van der Waals surface area contributed by atoms with E-state index in [2.05, 4.69) is 5.32 Å². The van der Waals surface area contributed by atoms with Crippen LogP contribution in [0.3, 0.4) is 0 Å². The number of thiophene rings is 1. The molecule has 1 aromatic carbocycles. The van der Waals surface area contributed by atoms with Crippen molar-refractivity contribution < 1.29 is 18.0 Å². The molecule has 154 valence electrons. The molecule has 8 nitrogen and oxygen atoms in total. The van der Waals surface area contributed by atoms with Crippen LogP contribution < -0.4 is 5.32 Å². The summed E-state index contributed by atoms with van der Waals surface area (Å²) < 4.78 is 27.1. The second kappa shape index (κ2) is 7.52. The van der Waals surface area contributed by atoms with Gasteiger partial charge >= 0.3 is 6.03 Å². The van der Waals surface area contributed by atoms with Crippen LogP contribution in [0.15, 0.2) is 52.1 Å². The van der Waals surface area contributed by atoms with Crippen molar-refractivity contribution in [2.75, 3.05) is 32.8 Å². The summed E-state index contributed by atoms with van der Waals surface area (Å²) >= 11 is 1.20. The van der Waals surface area contributed by atoms with Gasteiger partial charge < -0.3 is 5.32 Å². The van der Waals surface area contributed by atoms with Crippen LogP contribution >= 0.6 is 11.3 Å². The van der Waals surface area contributed by atoms with Gasteiger partial charge in [-0.25, -0.2) is 18.1 Å². The summed E-state index contributed by atoms with van der Waals surface area (Å²) in [5, 5.41) is 4.53. The molecule has 0 saturated carbocycles. The lowest BCUT2D eigenvalue weighted by molar-refractivity contribution is -0.132. The molecule has 0 spiro atoms. The number of urea groups is 1. The predicted octanol–water partition coefficient (Wildman–Crippen LogP) is 1.48. The third-order valence-corrected chi connectivity index (χ3v) is 8.66. The van der Waals surface area contributed by atoms with Gasteiger partial charge in [0.15, 0.2) is 0 Å². The van der Waals surface area contributed by atoms with Gasteiger partial charge in [-0.05, 0) is 23.9 Å². The minimum absolute atomic E-state index is 0.139. The lowest BCUT2D eigenvalue weighted by Crippen LogP contribution is -2.52. The molecule has 2 aliphatic heterocycles. The summed E-state index contributed by atoms with van der Waals surface area (Å²) in [6.45, 7) is 3.38. The van der Waals surface area contributed by atoms with Gasteiger partial charge in [0.2, 0.25) is 0 Å². The Bertz CT molecular complexity index is 1000. The van der Waals surface area contributed by atoms with Crippen molar-refractivity contribution in [3.63, 3.8) is 0 Å². The van der Waals surface area contributed by atoms with Crippen LogP contribution in [0.2, 0.25) is 0 Å². The Morgan fingerprint density at radius 3 is 2.34 bits per heavy atom. The number of rotatable bonds is 5. The second-order valence-electron chi connectivity index (χ2n) is 7.25. The Morgan fingerprint density at radius 1 is 1.03 bits per heavy atom. The van der Waals surface area contributed by atoms with Gasteiger partial charge in [-0.3, -0.25) is 9.69 Å². The van der Waals surface area contributed by atoms with E-state index in [9.17, 15) is 18.0 Å². The topological polar surface area (TPSA) is 90.0 Å². The van der Waals surface area contributed by atoms with Crippen molar-refractivity contribution in [1.82, 2.24) is 19.4 Å². The molecule has 1 atom stereocenters. The number of benzene rings is 1. The number of nitrogens with zero attached hydrogens (tertiary/aromatic N) is 3. The zero-order chi connectivity index (χ0) is 20.6. The molecule has 2 aromatic rings. The number of imide groups is 1. The fraction of sp³-hybridized carbons (Fsp3) is 0.368. The minimum Gasteiger partial charge on any atom is -0.319 e. The Hall–Kier alpha value is -2.27. The molecular weight excluding hydrogens is 412 g/mol. The van der Waals surface area contributed by atoms with E-state index < -0.39 is 21.6 Å². The number of sulfonamides is 1. The first-order chi connectivity index (χ1) is 13.8. The number of piperazine rings is 1. The largest absolute Gasteiger partial charge is 0.326 e. The maximum absolute atomic E-state index is 13.0. The molecule has 10 heteroatoms. The van der Waals surface area contributed by atoms with Gasteiger partial charge in [0, 0.05) is 26.2 Å². The fourth-order valence-electron chi connectivity index (χ4n) is 3.64. The number of hydrogen-bond acceptors (Lipinski definition) is 6. The van der Waals surface area contributed by atoms with Gasteiger partial charge in [-0.2, -0.15) is 4.31 Å². The molecule has 1 N–H and O–H groups in total. The van der Waals surface area contributed by atoms with Crippen LogP contribution in [0.5, 0.6) is 0 Å². The van der Waals surface area contributed by atoms with E-state index in [0.29, 0.717) is 30.4 Å². The summed E-state index contributed by atoms with van der Waals surface area (Å²) in [4.78, 5) is 28.6. The third-order valence-electron chi connectivity index (χ3n) is 5.39. The molecule has 0 unspecified atom stereocenters. The fourth-order valence-corrected chi connectivity index (χ4v) is 6.21. The average Bonchev–Trinajstić information content (AvgIpc) is 3.34. The van der Waals surface area contributed by atoms with Crippen molar-refractivity contribution >= 4 is 33.3 Å². The molecule has 2 saturated heterocycles. The Labute approximate surface area is 173 Å². The molecule has 3 amide bonds. The van der Waals surface area contributed by atoms with Gasteiger partial charge in [0.1, 0.15) is 9.75 Å². The van der Waals surface area contributed by atoms with Crippen molar-refractivity contribution in [2.24, 2.45) is 0 Å². The molecule has 29 heavy (non-hydrogen) atoms. The molecule has 4 rings (SSSR count). The quantitative estimate of drug-likeness (QED) is 0.720. The Kier molecular flexibility index (Phi) is 5.19. The molecular formula is C19H22N4O4S2. The number of nitrogens with one attached hydrogen (secondary N) is 1. The van der Waals surface area contributed by atoms with Crippen LogP contribution in [0.25, 0.3) is 0 Å². The standard InChI is InChI=1S/C19H22N4O4S2/c1-19(15-6-3-2-4-7-15)17(24)23(18(25)20-19)14-21-9-11-22(12-10-21)29(26,27)16-8-5-13-28-16/h2-8,13H,9-12,14H2,1H3,(H,20,25)/t19-/m1/s1. The monoisotopic (exact) mass is 434 g/mol. The van der Waals surface area contributed by atoms with Crippen molar-refractivity contribution in [2.45, 2.75) is 16.7 Å². The van der Waals surface area contributed by atoms with E-state index in [1.165, 1.54) is 20.5 Å².